The molecule has 0 unspecified atom stereocenters. The van der Waals surface area contributed by atoms with E-state index in [9.17, 15) is 0 Å². The molecule has 1 nitrogen and oxygen atoms in total. The van der Waals surface area contributed by atoms with Gasteiger partial charge in [0, 0.05) is 41.1 Å². The van der Waals surface area contributed by atoms with E-state index in [1.165, 1.54) is 47.7 Å². The lowest BCUT2D eigenvalue weighted by Gasteiger charge is -2.14. The standard InChI is InChI=1S/C24H16BrNS/c25-15-10-11-19-21(14-15)26(16-6-2-1-3-7-16)20-13-12-18-17-8-4-5-9-22(17)27-24(18)23(19)20/h1-2,4-6,8-14H,3,7H2. The van der Waals surface area contributed by atoms with Crippen LogP contribution in [0.5, 0.6) is 0 Å². The zero-order valence-electron chi connectivity index (χ0n) is 14.6. The summed E-state index contributed by atoms with van der Waals surface area (Å²) in [4.78, 5) is 0. The lowest BCUT2D eigenvalue weighted by atomic mass is 10.1. The number of aromatic nitrogens is 1. The summed E-state index contributed by atoms with van der Waals surface area (Å²) in [7, 11) is 0. The van der Waals surface area contributed by atoms with E-state index in [1.807, 2.05) is 11.3 Å². The maximum atomic E-state index is 3.68. The first-order chi connectivity index (χ1) is 13.3. The van der Waals surface area contributed by atoms with Crippen LogP contribution in [-0.2, 0) is 0 Å². The third kappa shape index (κ3) is 2.22. The molecule has 0 spiro atoms. The van der Waals surface area contributed by atoms with Crippen molar-refractivity contribution in [2.75, 3.05) is 0 Å². The predicted molar refractivity (Wildman–Crippen MR) is 123 cm³/mol. The molecule has 3 aromatic carbocycles. The molecular formula is C24H16BrNS. The third-order valence-electron chi connectivity index (χ3n) is 5.51. The quantitative estimate of drug-likeness (QED) is 0.253. The average molecular weight is 430 g/mol. The molecule has 2 aromatic heterocycles. The van der Waals surface area contributed by atoms with Gasteiger partial charge in [-0.1, -0.05) is 58.4 Å². The molecule has 0 saturated carbocycles. The molecule has 0 bridgehead atoms. The summed E-state index contributed by atoms with van der Waals surface area (Å²) in [5, 5.41) is 5.44. The normalized spacial score (nSPS) is 14.6. The van der Waals surface area contributed by atoms with Crippen molar-refractivity contribution < 1.29 is 0 Å². The van der Waals surface area contributed by atoms with Crippen molar-refractivity contribution in [1.82, 2.24) is 4.57 Å². The fraction of sp³-hybridized carbons (Fsp3) is 0.0833. The van der Waals surface area contributed by atoms with Gasteiger partial charge < -0.3 is 4.57 Å². The summed E-state index contributed by atoms with van der Waals surface area (Å²) in [5.41, 5.74) is 3.96. The highest BCUT2D eigenvalue weighted by Gasteiger charge is 2.18. The minimum Gasteiger partial charge on any atom is -0.313 e. The van der Waals surface area contributed by atoms with Gasteiger partial charge in [0.05, 0.1) is 11.0 Å². The molecule has 1 aliphatic rings. The van der Waals surface area contributed by atoms with Crippen LogP contribution >= 0.6 is 27.3 Å². The molecule has 0 N–H and O–H groups in total. The van der Waals surface area contributed by atoms with Gasteiger partial charge in [-0.3, -0.25) is 0 Å². The van der Waals surface area contributed by atoms with Crippen molar-refractivity contribution in [3.63, 3.8) is 0 Å². The lowest BCUT2D eigenvalue weighted by Crippen LogP contribution is -1.98. The number of fused-ring (bicyclic) bond motifs is 7. The Morgan fingerprint density at radius 3 is 2.67 bits per heavy atom. The van der Waals surface area contributed by atoms with Crippen LogP contribution in [0.1, 0.15) is 12.8 Å². The second-order valence-corrected chi connectivity index (χ2v) is 9.02. The van der Waals surface area contributed by atoms with Crippen LogP contribution in [0.15, 0.2) is 77.3 Å². The molecular weight excluding hydrogens is 414 g/mol. The number of benzene rings is 3. The number of thiophene rings is 1. The van der Waals surface area contributed by atoms with Gasteiger partial charge in [-0.15, -0.1) is 11.3 Å². The highest BCUT2D eigenvalue weighted by atomic mass is 79.9. The monoisotopic (exact) mass is 429 g/mol. The molecule has 3 heteroatoms. The van der Waals surface area contributed by atoms with Gasteiger partial charge in [0.1, 0.15) is 0 Å². The van der Waals surface area contributed by atoms with Gasteiger partial charge >= 0.3 is 0 Å². The van der Waals surface area contributed by atoms with Gasteiger partial charge in [0.15, 0.2) is 0 Å². The topological polar surface area (TPSA) is 4.93 Å². The van der Waals surface area contributed by atoms with E-state index in [0.717, 1.165) is 17.3 Å². The molecule has 5 aromatic rings. The summed E-state index contributed by atoms with van der Waals surface area (Å²) in [6.07, 6.45) is 8.88. The summed E-state index contributed by atoms with van der Waals surface area (Å²) in [6.45, 7) is 0. The van der Waals surface area contributed by atoms with Gasteiger partial charge in [0.2, 0.25) is 0 Å². The van der Waals surface area contributed by atoms with Crippen LogP contribution < -0.4 is 0 Å². The molecule has 0 radical (unpaired) electrons. The van der Waals surface area contributed by atoms with Gasteiger partial charge in [0.25, 0.3) is 0 Å². The van der Waals surface area contributed by atoms with Crippen molar-refractivity contribution in [2.24, 2.45) is 0 Å². The lowest BCUT2D eigenvalue weighted by molar-refractivity contribution is 0.979. The Hall–Kier alpha value is -2.36. The van der Waals surface area contributed by atoms with E-state index in [-0.39, 0.29) is 0 Å². The SMILES string of the molecule is Brc1ccc2c3c4sc5ccccc5c4ccc3n(C3=CC=CCC3)c2c1. The number of hydrogen-bond acceptors (Lipinski definition) is 1. The van der Waals surface area contributed by atoms with Crippen LogP contribution in [0, 0.1) is 0 Å². The summed E-state index contributed by atoms with van der Waals surface area (Å²) in [6, 6.07) is 20.0. The molecule has 6 rings (SSSR count). The fourth-order valence-electron chi connectivity index (χ4n) is 4.34. The van der Waals surface area contributed by atoms with Crippen molar-refractivity contribution in [3.05, 3.63) is 77.3 Å². The van der Waals surface area contributed by atoms with Crippen LogP contribution in [-0.4, -0.2) is 4.57 Å². The number of rotatable bonds is 1. The zero-order valence-corrected chi connectivity index (χ0v) is 17.0. The van der Waals surface area contributed by atoms with Crippen molar-refractivity contribution in [1.29, 1.82) is 0 Å². The van der Waals surface area contributed by atoms with Crippen LogP contribution in [0.3, 0.4) is 0 Å². The molecule has 130 valence electrons. The molecule has 0 saturated heterocycles. The molecule has 1 aliphatic carbocycles. The van der Waals surface area contributed by atoms with Crippen LogP contribution in [0.4, 0.5) is 0 Å². The van der Waals surface area contributed by atoms with E-state index in [1.54, 1.807) is 0 Å². The molecule has 27 heavy (non-hydrogen) atoms. The molecule has 2 heterocycles. The van der Waals surface area contributed by atoms with Gasteiger partial charge in [-0.2, -0.15) is 0 Å². The number of allylic oxidation sites excluding steroid dienone is 4. The first kappa shape index (κ1) is 15.7. The Morgan fingerprint density at radius 1 is 0.889 bits per heavy atom. The Morgan fingerprint density at radius 2 is 1.78 bits per heavy atom. The van der Waals surface area contributed by atoms with Gasteiger partial charge in [-0.05, 0) is 43.2 Å². The predicted octanol–water partition coefficient (Wildman–Crippen LogP) is 8.12. The Labute approximate surface area is 169 Å². The molecule has 0 fully saturated rings. The number of hydrogen-bond donors (Lipinski definition) is 0. The van der Waals surface area contributed by atoms with E-state index in [4.69, 9.17) is 0 Å². The number of halogens is 1. The smallest absolute Gasteiger partial charge is 0.0552 e. The first-order valence-electron chi connectivity index (χ1n) is 9.21. The summed E-state index contributed by atoms with van der Waals surface area (Å²) >= 11 is 5.59. The minimum atomic E-state index is 1.08. The van der Waals surface area contributed by atoms with E-state index < -0.39 is 0 Å². The minimum absolute atomic E-state index is 1.08. The third-order valence-corrected chi connectivity index (χ3v) is 7.21. The highest BCUT2D eigenvalue weighted by Crippen LogP contribution is 2.44. The maximum Gasteiger partial charge on any atom is 0.0552 e. The summed E-state index contributed by atoms with van der Waals surface area (Å²) in [5.74, 6) is 0. The first-order valence-corrected chi connectivity index (χ1v) is 10.8. The highest BCUT2D eigenvalue weighted by molar-refractivity contribution is 9.10. The zero-order chi connectivity index (χ0) is 18.0. The second kappa shape index (κ2) is 5.82. The maximum absolute atomic E-state index is 3.68. The van der Waals surface area contributed by atoms with Crippen LogP contribution in [0.25, 0.3) is 47.7 Å². The van der Waals surface area contributed by atoms with Crippen molar-refractivity contribution in [2.45, 2.75) is 12.8 Å². The van der Waals surface area contributed by atoms with E-state index in [0.29, 0.717) is 0 Å². The van der Waals surface area contributed by atoms with E-state index >= 15 is 0 Å². The summed E-state index contributed by atoms with van der Waals surface area (Å²) < 4.78 is 6.34. The fourth-order valence-corrected chi connectivity index (χ4v) is 5.95. The Bertz CT molecular complexity index is 1430. The Balaban J connectivity index is 1.85. The van der Waals surface area contributed by atoms with Gasteiger partial charge in [-0.25, -0.2) is 0 Å². The molecule has 0 atom stereocenters. The van der Waals surface area contributed by atoms with E-state index in [2.05, 4.69) is 93.3 Å². The van der Waals surface area contributed by atoms with Crippen LogP contribution in [0.2, 0.25) is 0 Å². The largest absolute Gasteiger partial charge is 0.313 e. The Kier molecular flexibility index (Phi) is 3.38. The average Bonchev–Trinajstić information content (AvgIpc) is 3.23. The number of nitrogens with zero attached hydrogens (tertiary/aromatic N) is 1. The van der Waals surface area contributed by atoms with Crippen molar-refractivity contribution in [3.8, 4) is 0 Å². The molecule has 0 amide bonds. The second-order valence-electron chi connectivity index (χ2n) is 7.06. The molecule has 0 aliphatic heterocycles. The van der Waals surface area contributed by atoms with Crippen molar-refractivity contribution >= 4 is 74.9 Å².